The van der Waals surface area contributed by atoms with Crippen molar-refractivity contribution < 1.29 is 13.9 Å². The zero-order chi connectivity index (χ0) is 20.2. The Hall–Kier alpha value is -4.00. The number of ether oxygens (including phenoxy) is 1. The Morgan fingerprint density at radius 2 is 1.90 bits per heavy atom. The second-order valence-electron chi connectivity index (χ2n) is 6.30. The molecule has 4 rings (SSSR count). The normalized spacial score (nSPS) is 10.7. The number of hydrogen-bond acceptors (Lipinski definition) is 4. The van der Waals surface area contributed by atoms with Crippen molar-refractivity contribution in [3.63, 3.8) is 0 Å². The summed E-state index contributed by atoms with van der Waals surface area (Å²) < 4.78 is 20.5. The lowest BCUT2D eigenvalue weighted by Crippen LogP contribution is -2.16. The van der Waals surface area contributed by atoms with E-state index in [1.165, 1.54) is 34.7 Å². The SMILES string of the molecule is O=C(Nc1cccc(OCc2cc(=O)n3ccccc3n2)c1)c1cccc(F)c1. The fourth-order valence-corrected chi connectivity index (χ4v) is 2.83. The lowest BCUT2D eigenvalue weighted by atomic mass is 10.2. The van der Waals surface area contributed by atoms with E-state index in [0.717, 1.165) is 0 Å². The maximum atomic E-state index is 13.3. The Bertz CT molecular complexity index is 1250. The molecule has 1 N–H and O–H groups in total. The van der Waals surface area contributed by atoms with E-state index in [9.17, 15) is 14.0 Å². The van der Waals surface area contributed by atoms with E-state index in [2.05, 4.69) is 10.3 Å². The number of carbonyl (C=O) groups excluding carboxylic acids is 1. The number of benzene rings is 2. The summed E-state index contributed by atoms with van der Waals surface area (Å²) in [4.78, 5) is 28.8. The third-order valence-corrected chi connectivity index (χ3v) is 4.19. The molecule has 2 aromatic carbocycles. The molecule has 2 heterocycles. The number of amides is 1. The number of aromatic nitrogens is 2. The van der Waals surface area contributed by atoms with Crippen molar-refractivity contribution in [2.45, 2.75) is 6.61 Å². The molecule has 7 heteroatoms. The van der Waals surface area contributed by atoms with Gasteiger partial charge in [0.1, 0.15) is 23.8 Å². The number of halogens is 1. The number of nitrogens with zero attached hydrogens (tertiary/aromatic N) is 2. The second kappa shape index (κ2) is 7.93. The van der Waals surface area contributed by atoms with Crippen LogP contribution < -0.4 is 15.6 Å². The van der Waals surface area contributed by atoms with Gasteiger partial charge in [-0.1, -0.05) is 18.2 Å². The van der Waals surface area contributed by atoms with Crippen LogP contribution in [0, 0.1) is 5.82 Å². The predicted molar refractivity (Wildman–Crippen MR) is 107 cm³/mol. The standard InChI is InChI=1S/C22H16FN3O3/c23-16-6-3-5-15(11-16)22(28)25-17-7-4-8-19(12-17)29-14-18-13-21(27)26-10-2-1-9-20(26)24-18/h1-13H,14H2,(H,25,28). The molecule has 0 bridgehead atoms. The number of pyridine rings is 1. The van der Waals surface area contributed by atoms with Crippen LogP contribution in [0.4, 0.5) is 10.1 Å². The molecule has 0 saturated carbocycles. The van der Waals surface area contributed by atoms with Gasteiger partial charge in [0.05, 0.1) is 5.69 Å². The summed E-state index contributed by atoms with van der Waals surface area (Å²) in [7, 11) is 0. The van der Waals surface area contributed by atoms with Crippen LogP contribution in [0.5, 0.6) is 5.75 Å². The maximum Gasteiger partial charge on any atom is 0.258 e. The molecule has 0 aliphatic carbocycles. The van der Waals surface area contributed by atoms with Crippen LogP contribution >= 0.6 is 0 Å². The van der Waals surface area contributed by atoms with Crippen molar-refractivity contribution in [1.29, 1.82) is 0 Å². The van der Waals surface area contributed by atoms with Crippen LogP contribution in [0.15, 0.2) is 83.8 Å². The van der Waals surface area contributed by atoms with Crippen molar-refractivity contribution in [2.75, 3.05) is 5.32 Å². The van der Waals surface area contributed by atoms with Gasteiger partial charge in [-0.05, 0) is 42.5 Å². The fourth-order valence-electron chi connectivity index (χ4n) is 2.83. The highest BCUT2D eigenvalue weighted by Gasteiger charge is 2.08. The van der Waals surface area contributed by atoms with Gasteiger partial charge in [0.15, 0.2) is 0 Å². The van der Waals surface area contributed by atoms with E-state index < -0.39 is 11.7 Å². The van der Waals surface area contributed by atoms with Crippen molar-refractivity contribution >= 4 is 17.2 Å². The topological polar surface area (TPSA) is 72.7 Å². The first kappa shape index (κ1) is 18.4. The molecular weight excluding hydrogens is 373 g/mol. The molecule has 0 unspecified atom stereocenters. The molecular formula is C22H16FN3O3. The van der Waals surface area contributed by atoms with E-state index in [1.807, 2.05) is 0 Å². The maximum absolute atomic E-state index is 13.3. The van der Waals surface area contributed by atoms with E-state index in [-0.39, 0.29) is 17.7 Å². The minimum Gasteiger partial charge on any atom is -0.487 e. The minimum atomic E-state index is -0.478. The van der Waals surface area contributed by atoms with Gasteiger partial charge in [-0.2, -0.15) is 0 Å². The molecule has 4 aromatic rings. The van der Waals surface area contributed by atoms with Gasteiger partial charge in [-0.3, -0.25) is 14.0 Å². The average molecular weight is 389 g/mol. The highest BCUT2D eigenvalue weighted by atomic mass is 19.1. The first-order valence-electron chi connectivity index (χ1n) is 8.85. The Morgan fingerprint density at radius 1 is 1.03 bits per heavy atom. The molecule has 0 aliphatic rings. The largest absolute Gasteiger partial charge is 0.487 e. The summed E-state index contributed by atoms with van der Waals surface area (Å²) in [6.07, 6.45) is 1.65. The number of hydrogen-bond donors (Lipinski definition) is 1. The first-order valence-corrected chi connectivity index (χ1v) is 8.85. The van der Waals surface area contributed by atoms with E-state index in [4.69, 9.17) is 4.74 Å². The highest BCUT2D eigenvalue weighted by molar-refractivity contribution is 6.04. The van der Waals surface area contributed by atoms with Gasteiger partial charge >= 0.3 is 0 Å². The second-order valence-corrected chi connectivity index (χ2v) is 6.30. The molecule has 0 fully saturated rings. The zero-order valence-electron chi connectivity index (χ0n) is 15.2. The third kappa shape index (κ3) is 4.30. The third-order valence-electron chi connectivity index (χ3n) is 4.19. The summed E-state index contributed by atoms with van der Waals surface area (Å²) in [5.74, 6) is -0.406. The summed E-state index contributed by atoms with van der Waals surface area (Å²) in [6, 6.07) is 19.0. The molecule has 0 aliphatic heterocycles. The lowest BCUT2D eigenvalue weighted by molar-refractivity contribution is 0.102. The zero-order valence-corrected chi connectivity index (χ0v) is 15.2. The predicted octanol–water partition coefficient (Wildman–Crippen LogP) is 3.66. The molecule has 0 saturated heterocycles. The summed E-state index contributed by atoms with van der Waals surface area (Å²) in [5.41, 5.74) is 1.57. The number of rotatable bonds is 5. The molecule has 144 valence electrons. The van der Waals surface area contributed by atoms with Gasteiger partial charge in [0.25, 0.3) is 11.5 Å². The Balaban J connectivity index is 1.47. The number of anilines is 1. The van der Waals surface area contributed by atoms with Crippen molar-refractivity contribution in [3.05, 3.63) is 106 Å². The smallest absolute Gasteiger partial charge is 0.258 e. The number of nitrogens with one attached hydrogen (secondary N) is 1. The van der Waals surface area contributed by atoms with E-state index in [0.29, 0.717) is 22.8 Å². The van der Waals surface area contributed by atoms with Crippen LogP contribution in [0.2, 0.25) is 0 Å². The van der Waals surface area contributed by atoms with Crippen LogP contribution in [0.25, 0.3) is 5.65 Å². The number of carbonyl (C=O) groups is 1. The Morgan fingerprint density at radius 3 is 2.76 bits per heavy atom. The summed E-state index contributed by atoms with van der Waals surface area (Å²) in [5, 5.41) is 2.70. The average Bonchev–Trinajstić information content (AvgIpc) is 2.73. The molecule has 0 atom stereocenters. The minimum absolute atomic E-state index is 0.0991. The molecule has 2 aromatic heterocycles. The van der Waals surface area contributed by atoms with Gasteiger partial charge < -0.3 is 10.1 Å². The van der Waals surface area contributed by atoms with Crippen molar-refractivity contribution in [1.82, 2.24) is 9.38 Å². The molecule has 0 radical (unpaired) electrons. The quantitative estimate of drug-likeness (QED) is 0.565. The fraction of sp³-hybridized carbons (Fsp3) is 0.0455. The highest BCUT2D eigenvalue weighted by Crippen LogP contribution is 2.19. The van der Waals surface area contributed by atoms with Crippen molar-refractivity contribution in [3.8, 4) is 5.75 Å². The van der Waals surface area contributed by atoms with Crippen LogP contribution in [-0.4, -0.2) is 15.3 Å². The van der Waals surface area contributed by atoms with Gasteiger partial charge in [-0.25, -0.2) is 9.37 Å². The Kier molecular flexibility index (Phi) is 5.03. The molecule has 6 nitrogen and oxygen atoms in total. The molecule has 0 spiro atoms. The first-order chi connectivity index (χ1) is 14.1. The monoisotopic (exact) mass is 389 g/mol. The van der Waals surface area contributed by atoms with Gasteiger partial charge in [0.2, 0.25) is 0 Å². The Labute approximate surface area is 165 Å². The summed E-state index contributed by atoms with van der Waals surface area (Å²) in [6.45, 7) is 0.0991. The summed E-state index contributed by atoms with van der Waals surface area (Å²) >= 11 is 0. The van der Waals surface area contributed by atoms with Crippen LogP contribution in [-0.2, 0) is 6.61 Å². The van der Waals surface area contributed by atoms with Gasteiger partial charge in [-0.15, -0.1) is 0 Å². The molecule has 1 amide bonds. The van der Waals surface area contributed by atoms with Gasteiger partial charge in [0, 0.05) is 29.6 Å². The lowest BCUT2D eigenvalue weighted by Gasteiger charge is -2.10. The van der Waals surface area contributed by atoms with Crippen LogP contribution in [0.3, 0.4) is 0 Å². The van der Waals surface area contributed by atoms with Crippen LogP contribution in [0.1, 0.15) is 16.1 Å². The van der Waals surface area contributed by atoms with E-state index >= 15 is 0 Å². The number of fused-ring (bicyclic) bond motifs is 1. The molecule has 29 heavy (non-hydrogen) atoms. The van der Waals surface area contributed by atoms with E-state index in [1.54, 1.807) is 48.7 Å². The van der Waals surface area contributed by atoms with Crippen molar-refractivity contribution in [2.24, 2.45) is 0 Å².